The minimum Gasteiger partial charge on any atom is -0.395 e. The van der Waals surface area contributed by atoms with Crippen molar-refractivity contribution >= 4 is 43.2 Å². The molecule has 0 unspecified atom stereocenters. The van der Waals surface area contributed by atoms with Crippen molar-refractivity contribution in [1.29, 1.82) is 0 Å². The first-order chi connectivity index (χ1) is 17.5. The molecule has 198 valence electrons. The largest absolute Gasteiger partial charge is 0.395 e. The van der Waals surface area contributed by atoms with E-state index < -0.39 is 32.5 Å². The van der Waals surface area contributed by atoms with Gasteiger partial charge in [-0.3, -0.25) is 9.10 Å². The number of aliphatic hydroxyl groups is 1. The first kappa shape index (κ1) is 28.6. The Morgan fingerprint density at radius 1 is 0.946 bits per heavy atom. The second-order valence-corrected chi connectivity index (χ2v) is 12.3. The molecule has 1 amide bonds. The predicted octanol–water partition coefficient (Wildman–Crippen LogP) is 2.74. The molecule has 12 heteroatoms. The number of hydrogen-bond acceptors (Lipinski definition) is 6. The van der Waals surface area contributed by atoms with Crippen molar-refractivity contribution in [1.82, 2.24) is 10.0 Å². The summed E-state index contributed by atoms with van der Waals surface area (Å²) < 4.78 is 55.0. The van der Waals surface area contributed by atoms with Gasteiger partial charge in [0.25, 0.3) is 10.0 Å². The number of anilines is 1. The molecular formula is C25H28ClN3O6S2. The fourth-order valence-electron chi connectivity index (χ4n) is 3.48. The molecule has 3 N–H and O–H groups in total. The van der Waals surface area contributed by atoms with Gasteiger partial charge in [-0.05, 0) is 61.4 Å². The lowest BCUT2D eigenvalue weighted by Gasteiger charge is -2.26. The standard InChI is InChI=1S/C25H28ClN3O6S2/c1-18-9-11-21(12-10-18)37(34,35)29(24-8-4-7-23(26)19(24)2)17-25(31)27-16-20-5-3-6-22(15-20)36(32,33)28-13-14-30/h3-12,15,28,30H,13-14,16-17H2,1-2H3,(H,27,31). The molecule has 0 bridgehead atoms. The minimum atomic E-state index is -4.12. The highest BCUT2D eigenvalue weighted by Crippen LogP contribution is 2.30. The van der Waals surface area contributed by atoms with Crippen molar-refractivity contribution in [2.24, 2.45) is 0 Å². The van der Waals surface area contributed by atoms with Crippen LogP contribution in [-0.2, 0) is 31.4 Å². The molecule has 0 aromatic heterocycles. The maximum absolute atomic E-state index is 13.6. The summed E-state index contributed by atoms with van der Waals surface area (Å²) in [5.74, 6) is -0.596. The Labute approximate surface area is 222 Å². The zero-order chi connectivity index (χ0) is 27.2. The second-order valence-electron chi connectivity index (χ2n) is 8.25. The Morgan fingerprint density at radius 2 is 1.62 bits per heavy atom. The lowest BCUT2D eigenvalue weighted by molar-refractivity contribution is -0.119. The minimum absolute atomic E-state index is 0.0224. The second kappa shape index (κ2) is 12.1. The van der Waals surface area contributed by atoms with Crippen LogP contribution in [0.3, 0.4) is 0 Å². The van der Waals surface area contributed by atoms with E-state index in [1.54, 1.807) is 43.3 Å². The fourth-order valence-corrected chi connectivity index (χ4v) is 6.22. The number of aliphatic hydroxyl groups excluding tert-OH is 1. The average Bonchev–Trinajstić information content (AvgIpc) is 2.87. The SMILES string of the molecule is Cc1ccc(S(=O)(=O)N(CC(=O)NCc2cccc(S(=O)(=O)NCCO)c2)c2cccc(Cl)c2C)cc1. The number of halogens is 1. The Balaban J connectivity index is 1.84. The van der Waals surface area contributed by atoms with Crippen LogP contribution < -0.4 is 14.3 Å². The third-order valence-corrected chi connectivity index (χ3v) is 9.15. The van der Waals surface area contributed by atoms with Gasteiger partial charge in [0.05, 0.1) is 22.1 Å². The first-order valence-corrected chi connectivity index (χ1v) is 14.6. The van der Waals surface area contributed by atoms with Crippen molar-refractivity contribution in [2.75, 3.05) is 24.0 Å². The topological polar surface area (TPSA) is 133 Å². The van der Waals surface area contributed by atoms with Gasteiger partial charge in [0.15, 0.2) is 0 Å². The van der Waals surface area contributed by atoms with Crippen molar-refractivity contribution < 1.29 is 26.7 Å². The van der Waals surface area contributed by atoms with Crippen LogP contribution in [0.2, 0.25) is 5.02 Å². The molecule has 0 aliphatic carbocycles. The van der Waals surface area contributed by atoms with E-state index in [-0.39, 0.29) is 35.2 Å². The third kappa shape index (κ3) is 7.08. The number of nitrogens with zero attached hydrogens (tertiary/aromatic N) is 1. The Kier molecular flexibility index (Phi) is 9.32. The Morgan fingerprint density at radius 3 is 2.30 bits per heavy atom. The smallest absolute Gasteiger partial charge is 0.264 e. The molecule has 0 radical (unpaired) electrons. The summed E-state index contributed by atoms with van der Waals surface area (Å²) in [5.41, 5.74) is 2.15. The zero-order valence-corrected chi connectivity index (χ0v) is 22.7. The van der Waals surface area contributed by atoms with Crippen LogP contribution in [-0.4, -0.2) is 47.5 Å². The van der Waals surface area contributed by atoms with Gasteiger partial charge in [-0.1, -0.05) is 47.5 Å². The van der Waals surface area contributed by atoms with E-state index in [1.807, 2.05) is 6.92 Å². The molecule has 0 spiro atoms. The number of sulfonamides is 2. The van der Waals surface area contributed by atoms with Gasteiger partial charge >= 0.3 is 0 Å². The Bertz CT molecular complexity index is 1480. The number of hydrogen-bond donors (Lipinski definition) is 3. The molecule has 0 aliphatic heterocycles. The highest BCUT2D eigenvalue weighted by Gasteiger charge is 2.28. The van der Waals surface area contributed by atoms with Crippen LogP contribution in [0.5, 0.6) is 0 Å². The normalized spacial score (nSPS) is 11.8. The van der Waals surface area contributed by atoms with Gasteiger partial charge in [-0.2, -0.15) is 0 Å². The van der Waals surface area contributed by atoms with Crippen LogP contribution in [0.15, 0.2) is 76.5 Å². The van der Waals surface area contributed by atoms with Crippen LogP contribution in [0, 0.1) is 13.8 Å². The molecule has 0 fully saturated rings. The number of rotatable bonds is 11. The highest BCUT2D eigenvalue weighted by molar-refractivity contribution is 7.92. The van der Waals surface area contributed by atoms with E-state index in [4.69, 9.17) is 16.7 Å². The van der Waals surface area contributed by atoms with Gasteiger partial charge < -0.3 is 10.4 Å². The van der Waals surface area contributed by atoms with Crippen molar-refractivity contribution in [3.05, 3.63) is 88.4 Å². The van der Waals surface area contributed by atoms with E-state index >= 15 is 0 Å². The highest BCUT2D eigenvalue weighted by atomic mass is 35.5. The average molecular weight is 566 g/mol. The molecule has 3 aromatic rings. The Hall–Kier alpha value is -2.96. The summed E-state index contributed by atoms with van der Waals surface area (Å²) in [6, 6.07) is 17.1. The monoisotopic (exact) mass is 565 g/mol. The van der Waals surface area contributed by atoms with E-state index in [9.17, 15) is 21.6 Å². The van der Waals surface area contributed by atoms with Gasteiger partial charge in [0.1, 0.15) is 6.54 Å². The molecular weight excluding hydrogens is 538 g/mol. The summed E-state index contributed by atoms with van der Waals surface area (Å²) in [6.45, 7) is 2.48. The molecule has 3 rings (SSSR count). The molecule has 0 aliphatic rings. The van der Waals surface area contributed by atoms with Crippen molar-refractivity contribution in [3.63, 3.8) is 0 Å². The van der Waals surface area contributed by atoms with Gasteiger partial charge in [0, 0.05) is 18.1 Å². The van der Waals surface area contributed by atoms with Crippen LogP contribution >= 0.6 is 11.6 Å². The summed E-state index contributed by atoms with van der Waals surface area (Å²) in [5, 5.41) is 11.9. The molecule has 0 heterocycles. The zero-order valence-electron chi connectivity index (χ0n) is 20.3. The van der Waals surface area contributed by atoms with Crippen molar-refractivity contribution in [3.8, 4) is 0 Å². The molecule has 0 saturated heterocycles. The van der Waals surface area contributed by atoms with Crippen molar-refractivity contribution in [2.45, 2.75) is 30.2 Å². The molecule has 3 aromatic carbocycles. The summed E-state index contributed by atoms with van der Waals surface area (Å²) in [7, 11) is -7.94. The van der Waals surface area contributed by atoms with E-state index in [0.717, 1.165) is 9.87 Å². The lowest BCUT2D eigenvalue weighted by atomic mass is 10.2. The lowest BCUT2D eigenvalue weighted by Crippen LogP contribution is -2.41. The summed E-state index contributed by atoms with van der Waals surface area (Å²) in [4.78, 5) is 12.9. The molecule has 0 atom stereocenters. The van der Waals surface area contributed by atoms with Crippen LogP contribution in [0.25, 0.3) is 0 Å². The van der Waals surface area contributed by atoms with Gasteiger partial charge in [-0.25, -0.2) is 21.6 Å². The number of carbonyl (C=O) groups is 1. The van der Waals surface area contributed by atoms with Gasteiger partial charge in [0.2, 0.25) is 15.9 Å². The summed E-state index contributed by atoms with van der Waals surface area (Å²) >= 11 is 6.25. The number of aryl methyl sites for hydroxylation is 1. The van der Waals surface area contributed by atoms with Crippen LogP contribution in [0.1, 0.15) is 16.7 Å². The fraction of sp³-hybridized carbons (Fsp3) is 0.240. The van der Waals surface area contributed by atoms with E-state index in [0.29, 0.717) is 16.1 Å². The maximum Gasteiger partial charge on any atom is 0.264 e. The molecule has 0 saturated carbocycles. The molecule has 37 heavy (non-hydrogen) atoms. The maximum atomic E-state index is 13.6. The quantitative estimate of drug-likeness (QED) is 0.327. The molecule has 9 nitrogen and oxygen atoms in total. The third-order valence-electron chi connectivity index (χ3n) is 5.51. The number of amides is 1. The van der Waals surface area contributed by atoms with E-state index in [1.165, 1.54) is 30.3 Å². The number of carbonyl (C=O) groups excluding carboxylic acids is 1. The number of nitrogens with one attached hydrogen (secondary N) is 2. The summed E-state index contributed by atoms with van der Waals surface area (Å²) in [6.07, 6.45) is 0. The van der Waals surface area contributed by atoms with E-state index in [2.05, 4.69) is 10.0 Å². The number of benzene rings is 3. The van der Waals surface area contributed by atoms with Gasteiger partial charge in [-0.15, -0.1) is 0 Å². The first-order valence-electron chi connectivity index (χ1n) is 11.3. The van der Waals surface area contributed by atoms with Crippen LogP contribution in [0.4, 0.5) is 5.69 Å². The predicted molar refractivity (Wildman–Crippen MR) is 142 cm³/mol.